The molecule has 0 spiro atoms. The smallest absolute Gasteiger partial charge is 0.310 e. The predicted octanol–water partition coefficient (Wildman–Crippen LogP) is 2.98. The lowest BCUT2D eigenvalue weighted by atomic mass is 9.96. The van der Waals surface area contributed by atoms with Gasteiger partial charge in [-0.2, -0.15) is 0 Å². The first-order valence-corrected chi connectivity index (χ1v) is 4.49. The monoisotopic (exact) mass is 216 g/mol. The van der Waals surface area contributed by atoms with Crippen LogP contribution in [0.5, 0.6) is 0 Å². The number of halogens is 2. The summed E-state index contributed by atoms with van der Waals surface area (Å²) in [5, 5.41) is 9.03. The summed E-state index contributed by atoms with van der Waals surface area (Å²) in [6.07, 6.45) is 0. The number of hydrogen-bond donors (Lipinski definition) is 1. The second-order valence-electron chi connectivity index (χ2n) is 3.16. The molecule has 0 aliphatic heterocycles. The molecule has 0 aromatic heterocycles. The van der Waals surface area contributed by atoms with E-state index in [0.717, 1.165) is 0 Å². The maximum absolute atomic E-state index is 13.0. The number of rotatable bonds is 2. The van der Waals surface area contributed by atoms with E-state index >= 15 is 0 Å². The maximum atomic E-state index is 13.0. The molecule has 76 valence electrons. The molecular formula is C10H10ClFO2. The van der Waals surface area contributed by atoms with Gasteiger partial charge in [0.2, 0.25) is 0 Å². The number of aliphatic carboxylic acids is 1. The molecule has 0 saturated carbocycles. The van der Waals surface area contributed by atoms with E-state index in [9.17, 15) is 9.18 Å². The Hall–Kier alpha value is -1.09. The Kier molecular flexibility index (Phi) is 3.11. The van der Waals surface area contributed by atoms with E-state index in [-0.39, 0.29) is 5.02 Å². The van der Waals surface area contributed by atoms with Crippen LogP contribution in [-0.4, -0.2) is 11.1 Å². The van der Waals surface area contributed by atoms with Gasteiger partial charge in [0.1, 0.15) is 5.82 Å². The number of benzene rings is 1. The van der Waals surface area contributed by atoms with Crippen LogP contribution in [0.3, 0.4) is 0 Å². The molecule has 0 aliphatic carbocycles. The van der Waals surface area contributed by atoms with Crippen molar-refractivity contribution in [1.29, 1.82) is 0 Å². The molecular weight excluding hydrogens is 207 g/mol. The summed E-state index contributed by atoms with van der Waals surface area (Å²) < 4.78 is 13.0. The highest BCUT2D eigenvalue weighted by Gasteiger charge is 2.18. The van der Waals surface area contributed by atoms with Crippen LogP contribution in [0.15, 0.2) is 12.1 Å². The van der Waals surface area contributed by atoms with Gasteiger partial charge < -0.3 is 5.11 Å². The van der Waals surface area contributed by atoms with E-state index in [0.29, 0.717) is 11.1 Å². The van der Waals surface area contributed by atoms with Crippen molar-refractivity contribution in [2.75, 3.05) is 0 Å². The predicted molar refractivity (Wildman–Crippen MR) is 52.2 cm³/mol. The van der Waals surface area contributed by atoms with E-state index in [1.54, 1.807) is 6.92 Å². The number of hydrogen-bond acceptors (Lipinski definition) is 1. The minimum atomic E-state index is -0.991. The molecule has 1 atom stereocenters. The molecule has 0 amide bonds. The molecule has 1 rings (SSSR count). The third kappa shape index (κ3) is 2.04. The summed E-state index contributed by atoms with van der Waals surface area (Å²) in [6, 6.07) is 2.38. The van der Waals surface area contributed by atoms with Crippen LogP contribution in [0.25, 0.3) is 0 Å². The number of carboxylic acid groups (broad SMARTS) is 1. The van der Waals surface area contributed by atoms with Gasteiger partial charge >= 0.3 is 5.97 Å². The van der Waals surface area contributed by atoms with E-state index in [1.807, 2.05) is 0 Å². The maximum Gasteiger partial charge on any atom is 0.310 e. The Balaban J connectivity index is 3.26. The molecule has 1 unspecified atom stereocenters. The molecule has 1 aromatic carbocycles. The first-order chi connectivity index (χ1) is 6.43. The molecule has 4 heteroatoms. The summed E-state index contributed by atoms with van der Waals surface area (Å²) in [5.41, 5.74) is 1.03. The molecule has 1 N–H and O–H groups in total. The SMILES string of the molecule is Cc1c(Cl)cc(F)cc1C(C)C(=O)O. The standard InChI is InChI=1S/C10H10ClFO2/c1-5-8(6(2)10(13)14)3-7(12)4-9(5)11/h3-4,6H,1-2H3,(H,13,14). The van der Waals surface area contributed by atoms with Gasteiger partial charge in [-0.3, -0.25) is 4.79 Å². The first-order valence-electron chi connectivity index (χ1n) is 4.12. The van der Waals surface area contributed by atoms with Crippen molar-refractivity contribution < 1.29 is 14.3 Å². The van der Waals surface area contributed by atoms with Crippen molar-refractivity contribution in [1.82, 2.24) is 0 Å². The van der Waals surface area contributed by atoms with Crippen LogP contribution in [0.4, 0.5) is 4.39 Å². The van der Waals surface area contributed by atoms with E-state index in [1.165, 1.54) is 19.1 Å². The lowest BCUT2D eigenvalue weighted by Gasteiger charge is -2.11. The molecule has 0 bridgehead atoms. The van der Waals surface area contributed by atoms with E-state index in [4.69, 9.17) is 16.7 Å². The Morgan fingerprint density at radius 2 is 2.14 bits per heavy atom. The van der Waals surface area contributed by atoms with E-state index in [2.05, 4.69) is 0 Å². The number of carboxylic acids is 1. The third-order valence-electron chi connectivity index (χ3n) is 2.19. The Bertz CT molecular complexity index is 377. The van der Waals surface area contributed by atoms with Crippen molar-refractivity contribution in [3.8, 4) is 0 Å². The quantitative estimate of drug-likeness (QED) is 0.825. The fourth-order valence-electron chi connectivity index (χ4n) is 1.25. The van der Waals surface area contributed by atoms with Gasteiger partial charge in [0.05, 0.1) is 5.92 Å². The third-order valence-corrected chi connectivity index (χ3v) is 2.58. The van der Waals surface area contributed by atoms with Crippen molar-refractivity contribution in [2.45, 2.75) is 19.8 Å². The van der Waals surface area contributed by atoms with Gasteiger partial charge in [0, 0.05) is 5.02 Å². The lowest BCUT2D eigenvalue weighted by molar-refractivity contribution is -0.138. The lowest BCUT2D eigenvalue weighted by Crippen LogP contribution is -2.09. The van der Waals surface area contributed by atoms with Crippen molar-refractivity contribution in [2.24, 2.45) is 0 Å². The van der Waals surface area contributed by atoms with Gasteiger partial charge in [-0.05, 0) is 37.1 Å². The highest BCUT2D eigenvalue weighted by molar-refractivity contribution is 6.31. The fraction of sp³-hybridized carbons (Fsp3) is 0.300. The van der Waals surface area contributed by atoms with E-state index < -0.39 is 17.7 Å². The molecule has 0 fully saturated rings. The van der Waals surface area contributed by atoms with Crippen LogP contribution >= 0.6 is 11.6 Å². The summed E-state index contributed by atoms with van der Waals surface area (Å²) in [4.78, 5) is 10.7. The Labute approximate surface area is 86.3 Å². The summed E-state index contributed by atoms with van der Waals surface area (Å²) in [6.45, 7) is 3.18. The molecule has 1 aromatic rings. The highest BCUT2D eigenvalue weighted by atomic mass is 35.5. The Morgan fingerprint density at radius 3 is 2.64 bits per heavy atom. The second-order valence-corrected chi connectivity index (χ2v) is 3.57. The van der Waals surface area contributed by atoms with Crippen LogP contribution in [0, 0.1) is 12.7 Å². The van der Waals surface area contributed by atoms with Gasteiger partial charge in [-0.1, -0.05) is 11.6 Å². The summed E-state index contributed by atoms with van der Waals surface area (Å²) >= 11 is 5.73. The van der Waals surface area contributed by atoms with Crippen molar-refractivity contribution in [3.05, 3.63) is 34.1 Å². The zero-order valence-corrected chi connectivity index (χ0v) is 8.60. The zero-order valence-electron chi connectivity index (χ0n) is 7.84. The molecule has 0 heterocycles. The van der Waals surface area contributed by atoms with Gasteiger partial charge in [0.15, 0.2) is 0 Å². The van der Waals surface area contributed by atoms with Crippen LogP contribution in [0.1, 0.15) is 24.0 Å². The Morgan fingerprint density at radius 1 is 1.57 bits per heavy atom. The zero-order chi connectivity index (χ0) is 10.9. The first kappa shape index (κ1) is 11.0. The molecule has 14 heavy (non-hydrogen) atoms. The molecule has 2 nitrogen and oxygen atoms in total. The molecule has 0 saturated heterocycles. The van der Waals surface area contributed by atoms with Crippen molar-refractivity contribution >= 4 is 17.6 Å². The van der Waals surface area contributed by atoms with Crippen LogP contribution in [-0.2, 0) is 4.79 Å². The van der Waals surface area contributed by atoms with Crippen molar-refractivity contribution in [3.63, 3.8) is 0 Å². The fourth-order valence-corrected chi connectivity index (χ4v) is 1.46. The summed E-state index contributed by atoms with van der Waals surface area (Å²) in [5.74, 6) is -2.25. The van der Waals surface area contributed by atoms with Gasteiger partial charge in [-0.25, -0.2) is 4.39 Å². The topological polar surface area (TPSA) is 37.3 Å². The van der Waals surface area contributed by atoms with Gasteiger partial charge in [-0.15, -0.1) is 0 Å². The largest absolute Gasteiger partial charge is 0.481 e. The minimum Gasteiger partial charge on any atom is -0.481 e. The normalized spacial score (nSPS) is 12.6. The van der Waals surface area contributed by atoms with Crippen LogP contribution < -0.4 is 0 Å². The molecule has 0 radical (unpaired) electrons. The average Bonchev–Trinajstić information content (AvgIpc) is 2.09. The minimum absolute atomic E-state index is 0.258. The number of carbonyl (C=O) groups is 1. The van der Waals surface area contributed by atoms with Crippen LogP contribution in [0.2, 0.25) is 5.02 Å². The van der Waals surface area contributed by atoms with Gasteiger partial charge in [0.25, 0.3) is 0 Å². The average molecular weight is 217 g/mol. The second kappa shape index (κ2) is 3.96. The summed E-state index contributed by atoms with van der Waals surface area (Å²) in [7, 11) is 0. The molecule has 0 aliphatic rings. The highest BCUT2D eigenvalue weighted by Crippen LogP contribution is 2.27.